The molecule has 0 heterocycles. The van der Waals surface area contributed by atoms with Crippen LogP contribution in [0.25, 0.3) is 0 Å². The molecular formula is C11H17NO4S. The Labute approximate surface area is 101 Å². The predicted molar refractivity (Wildman–Crippen MR) is 63.8 cm³/mol. The van der Waals surface area contributed by atoms with Gasteiger partial charge in [-0.1, -0.05) is 31.7 Å². The van der Waals surface area contributed by atoms with Crippen molar-refractivity contribution in [1.29, 1.82) is 0 Å². The molecule has 0 atom stereocenters. The minimum atomic E-state index is -3.94. The molecule has 1 rings (SSSR count). The summed E-state index contributed by atoms with van der Waals surface area (Å²) in [7, 11) is -2.57. The third-order valence-electron chi connectivity index (χ3n) is 2.44. The molecular weight excluding hydrogens is 242 g/mol. The highest BCUT2D eigenvalue weighted by atomic mass is 32.2. The number of hydrogen-bond donors (Lipinski definition) is 2. The van der Waals surface area contributed by atoms with E-state index in [0.717, 1.165) is 5.56 Å². The van der Waals surface area contributed by atoms with Gasteiger partial charge < -0.3 is 9.94 Å². The third kappa shape index (κ3) is 2.96. The van der Waals surface area contributed by atoms with Crippen LogP contribution in [0.1, 0.15) is 26.3 Å². The fraction of sp³-hybridized carbons (Fsp3) is 0.455. The standard InChI is InChI=1S/C11H17NO4S/c1-11(2,3)8-5-6-9(16-4)10(7-8)17(14,15)12-13/h5-7,12-13H,1-4H3. The third-order valence-corrected chi connectivity index (χ3v) is 3.58. The van der Waals surface area contributed by atoms with E-state index in [1.54, 1.807) is 12.1 Å². The van der Waals surface area contributed by atoms with E-state index in [-0.39, 0.29) is 16.1 Å². The summed E-state index contributed by atoms with van der Waals surface area (Å²) >= 11 is 0. The molecule has 0 aromatic heterocycles. The molecule has 0 spiro atoms. The van der Waals surface area contributed by atoms with Crippen molar-refractivity contribution in [3.05, 3.63) is 23.8 Å². The highest BCUT2D eigenvalue weighted by Gasteiger charge is 2.22. The maximum Gasteiger partial charge on any atom is 0.265 e. The fourth-order valence-electron chi connectivity index (χ4n) is 1.40. The Hall–Kier alpha value is -1.11. The van der Waals surface area contributed by atoms with Crippen LogP contribution in [-0.4, -0.2) is 20.7 Å². The molecule has 0 fully saturated rings. The van der Waals surface area contributed by atoms with Gasteiger partial charge in [-0.05, 0) is 23.1 Å². The molecule has 0 saturated carbocycles. The van der Waals surface area contributed by atoms with Crippen LogP contribution in [-0.2, 0) is 15.4 Å². The summed E-state index contributed by atoms with van der Waals surface area (Å²) in [6, 6.07) is 4.87. The SMILES string of the molecule is COc1ccc(C(C)(C)C)cc1S(=O)(=O)NO. The zero-order valence-corrected chi connectivity index (χ0v) is 11.1. The Bertz CT molecular complexity index is 503. The first-order chi connectivity index (χ1) is 7.72. The number of sulfonamides is 1. The molecule has 1 aromatic rings. The quantitative estimate of drug-likeness (QED) is 0.809. The molecule has 2 N–H and O–H groups in total. The van der Waals surface area contributed by atoms with E-state index < -0.39 is 10.0 Å². The van der Waals surface area contributed by atoms with E-state index in [9.17, 15) is 8.42 Å². The van der Waals surface area contributed by atoms with Crippen LogP contribution in [0.4, 0.5) is 0 Å². The summed E-state index contributed by atoms with van der Waals surface area (Å²) < 4.78 is 28.2. The molecule has 6 heteroatoms. The molecule has 1 aromatic carbocycles. The van der Waals surface area contributed by atoms with Crippen LogP contribution in [0, 0.1) is 0 Å². The summed E-state index contributed by atoms with van der Waals surface area (Å²) in [6.07, 6.45) is 0. The molecule has 5 nitrogen and oxygen atoms in total. The van der Waals surface area contributed by atoms with Crippen molar-refractivity contribution in [3.8, 4) is 5.75 Å². The van der Waals surface area contributed by atoms with Gasteiger partial charge in [0.05, 0.1) is 7.11 Å². The van der Waals surface area contributed by atoms with Gasteiger partial charge in [0.25, 0.3) is 10.0 Å². The first-order valence-electron chi connectivity index (χ1n) is 5.07. The summed E-state index contributed by atoms with van der Waals surface area (Å²) in [6.45, 7) is 5.91. The Kier molecular flexibility index (Phi) is 3.81. The molecule has 0 saturated heterocycles. The topological polar surface area (TPSA) is 75.6 Å². The molecule has 0 radical (unpaired) electrons. The summed E-state index contributed by atoms with van der Waals surface area (Å²) in [5.41, 5.74) is 0.651. The highest BCUT2D eigenvalue weighted by Crippen LogP contribution is 2.30. The van der Waals surface area contributed by atoms with E-state index >= 15 is 0 Å². The average molecular weight is 259 g/mol. The number of rotatable bonds is 3. The van der Waals surface area contributed by atoms with Crippen molar-refractivity contribution >= 4 is 10.0 Å². The first kappa shape index (κ1) is 14.0. The lowest BCUT2D eigenvalue weighted by Crippen LogP contribution is -2.21. The largest absolute Gasteiger partial charge is 0.495 e. The fourth-order valence-corrected chi connectivity index (χ4v) is 2.20. The van der Waals surface area contributed by atoms with E-state index in [0.29, 0.717) is 0 Å². The maximum absolute atomic E-state index is 11.6. The molecule has 0 aliphatic rings. The van der Waals surface area contributed by atoms with Crippen LogP contribution in [0.5, 0.6) is 5.75 Å². The molecule has 96 valence electrons. The smallest absolute Gasteiger partial charge is 0.265 e. The lowest BCUT2D eigenvalue weighted by Gasteiger charge is -2.20. The van der Waals surface area contributed by atoms with Crippen molar-refractivity contribution in [1.82, 2.24) is 4.89 Å². The molecule has 0 aliphatic heterocycles. The van der Waals surface area contributed by atoms with Gasteiger partial charge >= 0.3 is 0 Å². The van der Waals surface area contributed by atoms with Crippen molar-refractivity contribution < 1.29 is 18.4 Å². The Morgan fingerprint density at radius 1 is 1.29 bits per heavy atom. The molecule has 17 heavy (non-hydrogen) atoms. The van der Waals surface area contributed by atoms with Crippen LogP contribution in [0.15, 0.2) is 23.1 Å². The number of methoxy groups -OCH3 is 1. The second-order valence-electron chi connectivity index (χ2n) is 4.71. The van der Waals surface area contributed by atoms with Gasteiger partial charge in [0.1, 0.15) is 10.6 Å². The Balaban J connectivity index is 3.46. The zero-order chi connectivity index (χ0) is 13.3. The molecule has 0 bridgehead atoms. The van der Waals surface area contributed by atoms with Gasteiger partial charge in [-0.2, -0.15) is 0 Å². The Morgan fingerprint density at radius 3 is 2.29 bits per heavy atom. The molecule has 0 amide bonds. The number of benzene rings is 1. The average Bonchev–Trinajstić information content (AvgIpc) is 2.27. The number of hydrogen-bond acceptors (Lipinski definition) is 4. The van der Waals surface area contributed by atoms with Gasteiger partial charge in [-0.15, -0.1) is 0 Å². The van der Waals surface area contributed by atoms with Gasteiger partial charge in [0, 0.05) is 0 Å². The van der Waals surface area contributed by atoms with Crippen LogP contribution in [0.2, 0.25) is 0 Å². The number of nitrogens with one attached hydrogen (secondary N) is 1. The summed E-state index contributed by atoms with van der Waals surface area (Å²) in [4.78, 5) is 1.23. The van der Waals surface area contributed by atoms with E-state index in [1.165, 1.54) is 18.1 Å². The van der Waals surface area contributed by atoms with Crippen molar-refractivity contribution in [2.24, 2.45) is 0 Å². The monoisotopic (exact) mass is 259 g/mol. The van der Waals surface area contributed by atoms with Crippen molar-refractivity contribution in [3.63, 3.8) is 0 Å². The molecule has 0 unspecified atom stereocenters. The minimum Gasteiger partial charge on any atom is -0.495 e. The van der Waals surface area contributed by atoms with Crippen molar-refractivity contribution in [2.45, 2.75) is 31.1 Å². The van der Waals surface area contributed by atoms with E-state index in [1.807, 2.05) is 20.8 Å². The first-order valence-corrected chi connectivity index (χ1v) is 6.55. The normalized spacial score (nSPS) is 12.5. The van der Waals surface area contributed by atoms with Gasteiger partial charge in [-0.25, -0.2) is 8.42 Å². The van der Waals surface area contributed by atoms with Crippen molar-refractivity contribution in [2.75, 3.05) is 7.11 Å². The Morgan fingerprint density at radius 2 is 1.88 bits per heavy atom. The lowest BCUT2D eigenvalue weighted by atomic mass is 9.87. The minimum absolute atomic E-state index is 0.0741. The maximum atomic E-state index is 11.6. The van der Waals surface area contributed by atoms with Crippen LogP contribution < -0.4 is 9.62 Å². The predicted octanol–water partition coefficient (Wildman–Crippen LogP) is 1.66. The summed E-state index contributed by atoms with van der Waals surface area (Å²) in [5.74, 6) is 0.194. The van der Waals surface area contributed by atoms with Crippen LogP contribution >= 0.6 is 0 Å². The van der Waals surface area contributed by atoms with Gasteiger partial charge in [0.15, 0.2) is 0 Å². The van der Waals surface area contributed by atoms with E-state index in [4.69, 9.17) is 9.94 Å². The second-order valence-corrected chi connectivity index (χ2v) is 6.34. The van der Waals surface area contributed by atoms with Crippen LogP contribution in [0.3, 0.4) is 0 Å². The number of ether oxygens (including phenoxy) is 1. The second kappa shape index (κ2) is 4.64. The van der Waals surface area contributed by atoms with E-state index in [2.05, 4.69) is 0 Å². The lowest BCUT2D eigenvalue weighted by molar-refractivity contribution is 0.242. The summed E-state index contributed by atoms with van der Waals surface area (Å²) in [5, 5.41) is 8.67. The zero-order valence-electron chi connectivity index (χ0n) is 10.3. The van der Waals surface area contributed by atoms with Gasteiger partial charge in [-0.3, -0.25) is 0 Å². The molecule has 0 aliphatic carbocycles. The highest BCUT2D eigenvalue weighted by molar-refractivity contribution is 7.89. The van der Waals surface area contributed by atoms with Gasteiger partial charge in [0.2, 0.25) is 0 Å².